The molecule has 1 aromatic carbocycles. The van der Waals surface area contributed by atoms with E-state index < -0.39 is 23.8 Å². The second-order valence-corrected chi connectivity index (χ2v) is 11.9. The van der Waals surface area contributed by atoms with Crippen molar-refractivity contribution < 1.29 is 33.7 Å². The molecule has 11 heteroatoms. The Labute approximate surface area is 249 Å². The molecule has 3 heterocycles. The number of carbonyl (C=O) groups excluding carboxylic acids is 2. The number of fused-ring (bicyclic) bond motifs is 1. The van der Waals surface area contributed by atoms with Crippen LogP contribution in [-0.2, 0) is 14.4 Å². The number of rotatable bonds is 15. The molecule has 0 unspecified atom stereocenters. The van der Waals surface area contributed by atoms with Gasteiger partial charge in [0.2, 0.25) is 24.4 Å². The van der Waals surface area contributed by atoms with Crippen molar-refractivity contribution in [1.82, 2.24) is 19.6 Å². The molecule has 2 amide bonds. The molecule has 0 radical (unpaired) electrons. The number of likely N-dealkylation sites (tertiary alicyclic amines) is 2. The van der Waals surface area contributed by atoms with Crippen molar-refractivity contribution in [1.29, 1.82) is 0 Å². The van der Waals surface area contributed by atoms with Gasteiger partial charge in [0.05, 0.1) is 19.6 Å². The van der Waals surface area contributed by atoms with Gasteiger partial charge in [-0.15, -0.1) is 0 Å². The summed E-state index contributed by atoms with van der Waals surface area (Å²) in [7, 11) is 5.60. The van der Waals surface area contributed by atoms with Crippen LogP contribution in [0.2, 0.25) is 0 Å². The number of carboxylic acid groups (broad SMARTS) is 1. The zero-order valence-electron chi connectivity index (χ0n) is 25.7. The van der Waals surface area contributed by atoms with E-state index in [1.54, 1.807) is 7.11 Å². The fraction of sp³-hybridized carbons (Fsp3) is 0.710. The summed E-state index contributed by atoms with van der Waals surface area (Å²) in [5, 5.41) is 10.6. The number of nitrogens with zero attached hydrogens (tertiary/aromatic N) is 4. The Bertz CT molecular complexity index is 1100. The fourth-order valence-corrected chi connectivity index (χ4v) is 6.50. The number of carboxylic acids is 1. The van der Waals surface area contributed by atoms with Crippen molar-refractivity contribution in [2.45, 2.75) is 63.8 Å². The molecule has 2 saturated heterocycles. The van der Waals surface area contributed by atoms with E-state index in [1.165, 1.54) is 0 Å². The van der Waals surface area contributed by atoms with Crippen molar-refractivity contribution in [3.63, 3.8) is 0 Å². The number of hydrogen-bond acceptors (Lipinski definition) is 8. The molecule has 4 rings (SSSR count). The van der Waals surface area contributed by atoms with Crippen LogP contribution in [0.5, 0.6) is 17.2 Å². The van der Waals surface area contributed by atoms with Gasteiger partial charge in [-0.25, -0.2) is 0 Å². The Morgan fingerprint density at radius 1 is 1.12 bits per heavy atom. The van der Waals surface area contributed by atoms with Gasteiger partial charge in [0, 0.05) is 51.1 Å². The van der Waals surface area contributed by atoms with E-state index in [0.29, 0.717) is 62.8 Å². The quantitative estimate of drug-likeness (QED) is 0.331. The van der Waals surface area contributed by atoms with Crippen molar-refractivity contribution >= 4 is 17.8 Å². The van der Waals surface area contributed by atoms with Crippen LogP contribution >= 0.6 is 0 Å². The Morgan fingerprint density at radius 2 is 1.90 bits per heavy atom. The lowest BCUT2D eigenvalue weighted by Gasteiger charge is -2.32. The SMILES string of the molecule is CCCCN(CCCN(C)C)C(=O)CN1C[C@H](c2cc(OC)c3c(c2)OCO3)[C@@H](C(=O)O)[C@@H]1CCN1CCCCC1=O. The molecule has 0 spiro atoms. The molecule has 2 fully saturated rings. The number of carbonyl (C=O) groups is 3. The first-order valence-corrected chi connectivity index (χ1v) is 15.4. The summed E-state index contributed by atoms with van der Waals surface area (Å²) in [5.74, 6) is -0.366. The maximum atomic E-state index is 13.8. The Hall–Kier alpha value is -3.05. The molecular formula is C31H48N4O7. The Balaban J connectivity index is 1.60. The summed E-state index contributed by atoms with van der Waals surface area (Å²) < 4.78 is 16.8. The van der Waals surface area contributed by atoms with Crippen LogP contribution in [0.4, 0.5) is 0 Å². The van der Waals surface area contributed by atoms with E-state index in [4.69, 9.17) is 14.2 Å². The monoisotopic (exact) mass is 588 g/mol. The normalized spacial score (nSPS) is 22.2. The minimum Gasteiger partial charge on any atom is -0.493 e. The molecule has 3 aliphatic heterocycles. The lowest BCUT2D eigenvalue weighted by molar-refractivity contribution is -0.144. The first-order chi connectivity index (χ1) is 20.2. The molecule has 11 nitrogen and oxygen atoms in total. The van der Waals surface area contributed by atoms with E-state index in [2.05, 4.69) is 11.8 Å². The van der Waals surface area contributed by atoms with Gasteiger partial charge < -0.3 is 34.0 Å². The molecule has 3 atom stereocenters. The standard InChI is InChI=1S/C31H48N4O7/c1-5-6-13-33(15-9-12-32(2)3)28(37)20-35-19-23(22-17-25(40-4)30-26(18-22)41-21-42-30)29(31(38)39)24(35)11-16-34-14-8-7-10-27(34)36/h17-18,23-24,29H,5-16,19-21H2,1-4H3,(H,38,39)/t23-,24+,29-/m1/s1. The first kappa shape index (κ1) is 31.9. The van der Waals surface area contributed by atoms with E-state index in [1.807, 2.05) is 40.9 Å². The van der Waals surface area contributed by atoms with Gasteiger partial charge in [-0.2, -0.15) is 0 Å². The predicted octanol–water partition coefficient (Wildman–Crippen LogP) is 2.88. The molecule has 1 N–H and O–H groups in total. The molecule has 234 valence electrons. The largest absolute Gasteiger partial charge is 0.493 e. The summed E-state index contributed by atoms with van der Waals surface area (Å²) in [4.78, 5) is 47.2. The predicted molar refractivity (Wildman–Crippen MR) is 158 cm³/mol. The van der Waals surface area contributed by atoms with Crippen molar-refractivity contribution in [2.24, 2.45) is 5.92 Å². The second kappa shape index (κ2) is 14.9. The Morgan fingerprint density at radius 3 is 2.60 bits per heavy atom. The summed E-state index contributed by atoms with van der Waals surface area (Å²) >= 11 is 0. The molecule has 0 saturated carbocycles. The third kappa shape index (κ3) is 7.66. The highest BCUT2D eigenvalue weighted by molar-refractivity contribution is 5.79. The average molecular weight is 589 g/mol. The molecule has 3 aliphatic rings. The zero-order valence-corrected chi connectivity index (χ0v) is 25.7. The highest BCUT2D eigenvalue weighted by Gasteiger charge is 2.48. The molecule has 42 heavy (non-hydrogen) atoms. The lowest BCUT2D eigenvalue weighted by atomic mass is 9.84. The lowest BCUT2D eigenvalue weighted by Crippen LogP contribution is -2.46. The molecular weight excluding hydrogens is 540 g/mol. The van der Waals surface area contributed by atoms with Crippen LogP contribution in [0.15, 0.2) is 12.1 Å². The number of benzene rings is 1. The van der Waals surface area contributed by atoms with Crippen LogP contribution < -0.4 is 14.2 Å². The average Bonchev–Trinajstić information content (AvgIpc) is 3.58. The number of amides is 2. The third-order valence-corrected chi connectivity index (χ3v) is 8.76. The van der Waals surface area contributed by atoms with Crippen molar-refractivity contribution in [3.8, 4) is 17.2 Å². The van der Waals surface area contributed by atoms with E-state index in [0.717, 1.165) is 44.2 Å². The summed E-state index contributed by atoms with van der Waals surface area (Å²) in [6, 6.07) is 3.27. The van der Waals surface area contributed by atoms with Crippen LogP contribution in [0.1, 0.15) is 63.4 Å². The fourth-order valence-electron chi connectivity index (χ4n) is 6.50. The van der Waals surface area contributed by atoms with Gasteiger partial charge in [-0.05, 0) is 70.4 Å². The van der Waals surface area contributed by atoms with Gasteiger partial charge in [0.1, 0.15) is 0 Å². The van der Waals surface area contributed by atoms with Crippen LogP contribution in [0.25, 0.3) is 0 Å². The van der Waals surface area contributed by atoms with Gasteiger partial charge >= 0.3 is 5.97 Å². The van der Waals surface area contributed by atoms with Gasteiger partial charge in [-0.3, -0.25) is 19.3 Å². The first-order valence-electron chi connectivity index (χ1n) is 15.4. The van der Waals surface area contributed by atoms with E-state index >= 15 is 0 Å². The van der Waals surface area contributed by atoms with Crippen LogP contribution in [-0.4, -0.2) is 122 Å². The van der Waals surface area contributed by atoms with Crippen LogP contribution in [0.3, 0.4) is 0 Å². The summed E-state index contributed by atoms with van der Waals surface area (Å²) in [6.45, 7) is 6.17. The zero-order chi connectivity index (χ0) is 30.2. The summed E-state index contributed by atoms with van der Waals surface area (Å²) in [6.07, 6.45) is 5.67. The number of methoxy groups -OCH3 is 1. The number of unbranched alkanes of at least 4 members (excludes halogenated alkanes) is 1. The topological polar surface area (TPSA) is 112 Å². The highest BCUT2D eigenvalue weighted by Crippen LogP contribution is 2.47. The van der Waals surface area contributed by atoms with Crippen LogP contribution in [0, 0.1) is 5.92 Å². The minimum absolute atomic E-state index is 0.0225. The molecule has 0 aliphatic carbocycles. The van der Waals surface area contributed by atoms with Crippen molar-refractivity contribution in [2.75, 3.05) is 73.8 Å². The number of ether oxygens (including phenoxy) is 3. The third-order valence-electron chi connectivity index (χ3n) is 8.76. The highest BCUT2D eigenvalue weighted by atomic mass is 16.7. The molecule has 0 bridgehead atoms. The van der Waals surface area contributed by atoms with Crippen molar-refractivity contribution in [3.05, 3.63) is 17.7 Å². The maximum Gasteiger partial charge on any atom is 0.308 e. The van der Waals surface area contributed by atoms with Gasteiger partial charge in [0.25, 0.3) is 0 Å². The smallest absolute Gasteiger partial charge is 0.308 e. The molecule has 1 aromatic rings. The number of piperidine rings is 1. The van der Waals surface area contributed by atoms with Gasteiger partial charge in [-0.1, -0.05) is 13.3 Å². The van der Waals surface area contributed by atoms with Gasteiger partial charge in [0.15, 0.2) is 11.5 Å². The number of aliphatic carboxylic acids is 1. The maximum absolute atomic E-state index is 13.8. The second-order valence-electron chi connectivity index (χ2n) is 11.9. The summed E-state index contributed by atoms with van der Waals surface area (Å²) in [5.41, 5.74) is 0.784. The molecule has 0 aromatic heterocycles. The van der Waals surface area contributed by atoms with E-state index in [9.17, 15) is 19.5 Å². The minimum atomic E-state index is -0.907. The van der Waals surface area contributed by atoms with E-state index in [-0.39, 0.29) is 25.2 Å². The number of hydrogen-bond donors (Lipinski definition) is 1. The Kier molecular flexibility index (Phi) is 11.3.